The van der Waals surface area contributed by atoms with Crippen molar-refractivity contribution in [3.63, 3.8) is 0 Å². The molecule has 0 fully saturated rings. The SMILES string of the molecule is C#CCCC[C@@H](NC(=O)c1ccnc2ccccc12)C(=O)OC. The van der Waals surface area contributed by atoms with Gasteiger partial charge in [-0.3, -0.25) is 9.78 Å². The lowest BCUT2D eigenvalue weighted by molar-refractivity contribution is -0.143. The van der Waals surface area contributed by atoms with Crippen LogP contribution in [-0.2, 0) is 9.53 Å². The van der Waals surface area contributed by atoms with Gasteiger partial charge in [-0.15, -0.1) is 12.3 Å². The van der Waals surface area contributed by atoms with Crippen LogP contribution in [0.5, 0.6) is 0 Å². The second kappa shape index (κ2) is 7.95. The van der Waals surface area contributed by atoms with E-state index in [-0.39, 0.29) is 5.91 Å². The summed E-state index contributed by atoms with van der Waals surface area (Å²) in [6.45, 7) is 0. The number of nitrogens with one attached hydrogen (secondary N) is 1. The van der Waals surface area contributed by atoms with Gasteiger partial charge in [0.1, 0.15) is 6.04 Å². The molecule has 5 heteroatoms. The minimum atomic E-state index is -0.715. The third-order valence-electron chi connectivity index (χ3n) is 3.50. The van der Waals surface area contributed by atoms with Crippen molar-refractivity contribution >= 4 is 22.8 Å². The number of amides is 1. The number of terminal acetylenes is 1. The van der Waals surface area contributed by atoms with Crippen LogP contribution in [0.15, 0.2) is 36.5 Å². The van der Waals surface area contributed by atoms with Crippen LogP contribution in [-0.4, -0.2) is 30.0 Å². The Bertz CT molecular complexity index is 744. The van der Waals surface area contributed by atoms with Crippen LogP contribution in [0.25, 0.3) is 10.9 Å². The zero-order valence-corrected chi connectivity index (χ0v) is 12.9. The van der Waals surface area contributed by atoms with Crippen molar-refractivity contribution in [2.75, 3.05) is 7.11 Å². The predicted molar refractivity (Wildman–Crippen MR) is 87.7 cm³/mol. The molecule has 118 valence electrons. The Morgan fingerprint density at radius 2 is 2.13 bits per heavy atom. The summed E-state index contributed by atoms with van der Waals surface area (Å²) in [5.41, 5.74) is 1.20. The molecule has 0 aliphatic carbocycles. The van der Waals surface area contributed by atoms with Crippen molar-refractivity contribution in [3.8, 4) is 12.3 Å². The Morgan fingerprint density at radius 3 is 2.87 bits per heavy atom. The number of hydrogen-bond donors (Lipinski definition) is 1. The molecule has 1 amide bonds. The Kier molecular flexibility index (Phi) is 5.70. The standard InChI is InChI=1S/C18H18N2O3/c1-3-4-5-10-16(18(22)23-2)20-17(21)14-11-12-19-15-9-7-6-8-13(14)15/h1,6-9,11-12,16H,4-5,10H2,2H3,(H,20,21)/t16-/m1/s1. The Hall–Kier alpha value is -2.87. The molecule has 0 radical (unpaired) electrons. The second-order valence-corrected chi connectivity index (χ2v) is 5.02. The van der Waals surface area contributed by atoms with Gasteiger partial charge in [0.05, 0.1) is 18.2 Å². The van der Waals surface area contributed by atoms with E-state index >= 15 is 0 Å². The van der Waals surface area contributed by atoms with E-state index < -0.39 is 12.0 Å². The number of carbonyl (C=O) groups is 2. The molecule has 0 saturated carbocycles. The number of para-hydroxylation sites is 1. The molecule has 1 N–H and O–H groups in total. The third-order valence-corrected chi connectivity index (χ3v) is 3.50. The van der Waals surface area contributed by atoms with Gasteiger partial charge in [0.2, 0.25) is 0 Å². The predicted octanol–water partition coefficient (Wildman–Crippen LogP) is 2.31. The minimum Gasteiger partial charge on any atom is -0.467 e. The first-order valence-corrected chi connectivity index (χ1v) is 7.33. The van der Waals surface area contributed by atoms with Gasteiger partial charge in [-0.05, 0) is 25.0 Å². The number of nitrogens with zero attached hydrogens (tertiary/aromatic N) is 1. The third kappa shape index (κ3) is 4.07. The van der Waals surface area contributed by atoms with E-state index in [9.17, 15) is 9.59 Å². The molecular weight excluding hydrogens is 292 g/mol. The lowest BCUT2D eigenvalue weighted by Gasteiger charge is -2.16. The van der Waals surface area contributed by atoms with Gasteiger partial charge < -0.3 is 10.1 Å². The van der Waals surface area contributed by atoms with Crippen molar-refractivity contribution in [2.45, 2.75) is 25.3 Å². The molecule has 0 saturated heterocycles. The fraction of sp³-hybridized carbons (Fsp3) is 0.278. The van der Waals surface area contributed by atoms with E-state index in [1.165, 1.54) is 7.11 Å². The number of ether oxygens (including phenoxy) is 1. The first-order chi connectivity index (χ1) is 11.2. The maximum absolute atomic E-state index is 12.5. The van der Waals surface area contributed by atoms with E-state index in [0.29, 0.717) is 24.8 Å². The molecule has 0 spiro atoms. The average Bonchev–Trinajstić information content (AvgIpc) is 2.59. The maximum atomic E-state index is 12.5. The molecule has 0 aliphatic rings. The highest BCUT2D eigenvalue weighted by molar-refractivity contribution is 6.07. The quantitative estimate of drug-likeness (QED) is 0.505. The summed E-state index contributed by atoms with van der Waals surface area (Å²) >= 11 is 0. The molecular formula is C18H18N2O3. The van der Waals surface area contributed by atoms with Crippen LogP contribution >= 0.6 is 0 Å². The zero-order chi connectivity index (χ0) is 16.7. The highest BCUT2D eigenvalue weighted by Crippen LogP contribution is 2.16. The first kappa shape index (κ1) is 16.5. The Labute approximate surface area is 135 Å². The smallest absolute Gasteiger partial charge is 0.328 e. The van der Waals surface area contributed by atoms with Gasteiger partial charge in [0.25, 0.3) is 5.91 Å². The summed E-state index contributed by atoms with van der Waals surface area (Å²) in [4.78, 5) is 28.6. The molecule has 1 atom stereocenters. The highest BCUT2D eigenvalue weighted by atomic mass is 16.5. The van der Waals surface area contributed by atoms with Gasteiger partial charge >= 0.3 is 5.97 Å². The number of esters is 1. The molecule has 1 heterocycles. The lowest BCUT2D eigenvalue weighted by Crippen LogP contribution is -2.41. The van der Waals surface area contributed by atoms with Crippen LogP contribution in [0.4, 0.5) is 0 Å². The van der Waals surface area contributed by atoms with Crippen molar-refractivity contribution in [2.24, 2.45) is 0 Å². The summed E-state index contributed by atoms with van der Waals surface area (Å²) in [5, 5.41) is 3.46. The van der Waals surface area contributed by atoms with E-state index in [4.69, 9.17) is 11.2 Å². The molecule has 23 heavy (non-hydrogen) atoms. The fourth-order valence-electron chi connectivity index (χ4n) is 2.33. The van der Waals surface area contributed by atoms with Crippen LogP contribution in [0.2, 0.25) is 0 Å². The van der Waals surface area contributed by atoms with E-state index in [1.54, 1.807) is 12.3 Å². The topological polar surface area (TPSA) is 68.3 Å². The van der Waals surface area contributed by atoms with Gasteiger partial charge in [0, 0.05) is 18.0 Å². The summed E-state index contributed by atoms with van der Waals surface area (Å²) in [5.74, 6) is 1.70. The molecule has 5 nitrogen and oxygen atoms in total. The average molecular weight is 310 g/mol. The summed E-state index contributed by atoms with van der Waals surface area (Å²) in [6, 6.07) is 8.26. The number of carbonyl (C=O) groups excluding carboxylic acids is 2. The molecule has 1 aromatic carbocycles. The largest absolute Gasteiger partial charge is 0.467 e. The number of benzene rings is 1. The highest BCUT2D eigenvalue weighted by Gasteiger charge is 2.22. The van der Waals surface area contributed by atoms with Crippen molar-refractivity contribution < 1.29 is 14.3 Å². The van der Waals surface area contributed by atoms with Crippen molar-refractivity contribution in [1.82, 2.24) is 10.3 Å². The van der Waals surface area contributed by atoms with Crippen LogP contribution in [0, 0.1) is 12.3 Å². The van der Waals surface area contributed by atoms with E-state index in [2.05, 4.69) is 16.2 Å². The molecule has 2 aromatic rings. The monoisotopic (exact) mass is 310 g/mol. The zero-order valence-electron chi connectivity index (χ0n) is 12.9. The molecule has 1 aromatic heterocycles. The summed E-state index contributed by atoms with van der Waals surface area (Å²) in [7, 11) is 1.30. The van der Waals surface area contributed by atoms with Gasteiger partial charge in [-0.25, -0.2) is 4.79 Å². The van der Waals surface area contributed by atoms with Crippen LogP contribution in [0.3, 0.4) is 0 Å². The number of fused-ring (bicyclic) bond motifs is 1. The Morgan fingerprint density at radius 1 is 1.35 bits per heavy atom. The first-order valence-electron chi connectivity index (χ1n) is 7.33. The van der Waals surface area contributed by atoms with Crippen LogP contribution in [0.1, 0.15) is 29.6 Å². The maximum Gasteiger partial charge on any atom is 0.328 e. The van der Waals surface area contributed by atoms with E-state index in [1.807, 2.05) is 24.3 Å². The fourth-order valence-corrected chi connectivity index (χ4v) is 2.33. The number of unbranched alkanes of at least 4 members (excludes halogenated alkanes) is 1. The minimum absolute atomic E-state index is 0.334. The molecule has 2 rings (SSSR count). The number of rotatable bonds is 6. The summed E-state index contributed by atoms with van der Waals surface area (Å²) < 4.78 is 4.75. The molecule has 0 unspecified atom stereocenters. The second-order valence-electron chi connectivity index (χ2n) is 5.02. The van der Waals surface area contributed by atoms with Crippen molar-refractivity contribution in [3.05, 3.63) is 42.1 Å². The van der Waals surface area contributed by atoms with Gasteiger partial charge in [0.15, 0.2) is 0 Å². The van der Waals surface area contributed by atoms with Crippen molar-refractivity contribution in [1.29, 1.82) is 0 Å². The molecule has 0 bridgehead atoms. The Balaban J connectivity index is 2.20. The van der Waals surface area contributed by atoms with Gasteiger partial charge in [-0.1, -0.05) is 18.2 Å². The number of hydrogen-bond acceptors (Lipinski definition) is 4. The normalized spacial score (nSPS) is 11.5. The molecule has 0 aliphatic heterocycles. The number of pyridine rings is 1. The summed E-state index contributed by atoms with van der Waals surface area (Å²) in [6.07, 6.45) is 8.40. The van der Waals surface area contributed by atoms with Crippen LogP contribution < -0.4 is 5.32 Å². The van der Waals surface area contributed by atoms with Gasteiger partial charge in [-0.2, -0.15) is 0 Å². The number of methoxy groups -OCH3 is 1. The van der Waals surface area contributed by atoms with E-state index in [0.717, 1.165) is 10.9 Å². The number of aromatic nitrogens is 1. The lowest BCUT2D eigenvalue weighted by atomic mass is 10.1.